The molecule has 0 saturated carbocycles. The predicted molar refractivity (Wildman–Crippen MR) is 131 cm³/mol. The van der Waals surface area contributed by atoms with E-state index in [1.165, 1.54) is 4.90 Å². The van der Waals surface area contributed by atoms with Gasteiger partial charge in [0.1, 0.15) is 5.70 Å². The summed E-state index contributed by atoms with van der Waals surface area (Å²) >= 11 is 6.18. The molecule has 162 valence electrons. The number of imide groups is 1. The highest BCUT2D eigenvalue weighted by Crippen LogP contribution is 2.35. The molecule has 0 spiro atoms. The topological polar surface area (TPSA) is 52.7 Å². The van der Waals surface area contributed by atoms with Crippen LogP contribution < -0.4 is 15.1 Å². The van der Waals surface area contributed by atoms with E-state index in [2.05, 4.69) is 5.32 Å². The second-order valence-electron chi connectivity index (χ2n) is 8.06. The van der Waals surface area contributed by atoms with Gasteiger partial charge in [0.25, 0.3) is 11.8 Å². The Kier molecular flexibility index (Phi) is 5.76. The highest BCUT2D eigenvalue weighted by Gasteiger charge is 2.40. The lowest BCUT2D eigenvalue weighted by Crippen LogP contribution is -2.32. The van der Waals surface area contributed by atoms with Crippen LogP contribution in [-0.4, -0.2) is 25.9 Å². The molecule has 0 atom stereocenters. The number of anilines is 3. The third-order valence-corrected chi connectivity index (χ3v) is 5.74. The Morgan fingerprint density at radius 2 is 1.50 bits per heavy atom. The van der Waals surface area contributed by atoms with Gasteiger partial charge in [0, 0.05) is 30.5 Å². The van der Waals surface area contributed by atoms with Crippen LogP contribution in [0.15, 0.2) is 72.4 Å². The fraction of sp³-hybridized carbons (Fsp3) is 0.154. The molecule has 32 heavy (non-hydrogen) atoms. The molecule has 1 aliphatic rings. The Balaban J connectivity index is 1.81. The first-order valence-corrected chi connectivity index (χ1v) is 10.6. The monoisotopic (exact) mass is 445 g/mol. The van der Waals surface area contributed by atoms with Gasteiger partial charge in [0.2, 0.25) is 0 Å². The largest absolute Gasteiger partial charge is 0.378 e. The standard InChI is InChI=1S/C26H24ClN3O2/c1-16-5-8-18(9-6-16)23-24(28-22-15-19(27)10-7-17(22)2)26(32)30(25(23)31)21-13-11-20(12-14-21)29(3)4/h5-15,28H,1-4H3. The van der Waals surface area contributed by atoms with E-state index in [0.29, 0.717) is 27.5 Å². The summed E-state index contributed by atoms with van der Waals surface area (Å²) < 4.78 is 0. The van der Waals surface area contributed by atoms with Crippen molar-refractivity contribution in [3.63, 3.8) is 0 Å². The lowest BCUT2D eigenvalue weighted by Gasteiger charge is -2.18. The molecule has 0 fully saturated rings. The highest BCUT2D eigenvalue weighted by atomic mass is 35.5. The van der Waals surface area contributed by atoms with E-state index in [0.717, 1.165) is 16.8 Å². The van der Waals surface area contributed by atoms with Gasteiger partial charge in [0.05, 0.1) is 11.3 Å². The summed E-state index contributed by atoms with van der Waals surface area (Å²) in [6.07, 6.45) is 0. The number of aryl methyl sites for hydroxylation is 2. The van der Waals surface area contributed by atoms with Crippen molar-refractivity contribution in [3.05, 3.63) is 94.1 Å². The van der Waals surface area contributed by atoms with Crippen molar-refractivity contribution in [2.75, 3.05) is 29.2 Å². The van der Waals surface area contributed by atoms with Gasteiger partial charge in [-0.15, -0.1) is 0 Å². The number of amides is 2. The van der Waals surface area contributed by atoms with Gasteiger partial charge in [-0.3, -0.25) is 9.59 Å². The molecule has 5 nitrogen and oxygen atoms in total. The van der Waals surface area contributed by atoms with Crippen molar-refractivity contribution in [1.29, 1.82) is 0 Å². The summed E-state index contributed by atoms with van der Waals surface area (Å²) in [5, 5.41) is 3.74. The minimum Gasteiger partial charge on any atom is -0.378 e. The van der Waals surface area contributed by atoms with E-state index in [-0.39, 0.29) is 11.6 Å². The summed E-state index contributed by atoms with van der Waals surface area (Å²) in [7, 11) is 3.88. The lowest BCUT2D eigenvalue weighted by molar-refractivity contribution is -0.120. The van der Waals surface area contributed by atoms with Crippen LogP contribution in [0.1, 0.15) is 16.7 Å². The summed E-state index contributed by atoms with van der Waals surface area (Å²) in [5.41, 5.74) is 5.43. The molecule has 0 aliphatic carbocycles. The molecule has 0 radical (unpaired) electrons. The molecule has 1 heterocycles. The molecule has 4 rings (SSSR count). The van der Waals surface area contributed by atoms with Crippen molar-refractivity contribution in [2.45, 2.75) is 13.8 Å². The third-order valence-electron chi connectivity index (χ3n) is 5.51. The molecule has 0 saturated heterocycles. The zero-order valence-electron chi connectivity index (χ0n) is 18.4. The first kappa shape index (κ1) is 21.7. The average molecular weight is 446 g/mol. The van der Waals surface area contributed by atoms with Crippen LogP contribution in [0.2, 0.25) is 5.02 Å². The van der Waals surface area contributed by atoms with Crippen LogP contribution in [0.4, 0.5) is 17.1 Å². The molecular weight excluding hydrogens is 422 g/mol. The van der Waals surface area contributed by atoms with Gasteiger partial charge in [-0.2, -0.15) is 0 Å². The molecule has 1 aliphatic heterocycles. The van der Waals surface area contributed by atoms with Gasteiger partial charge < -0.3 is 10.2 Å². The number of rotatable bonds is 5. The normalized spacial score (nSPS) is 13.7. The first-order chi connectivity index (χ1) is 15.3. The van der Waals surface area contributed by atoms with Crippen molar-refractivity contribution in [2.24, 2.45) is 0 Å². The quantitative estimate of drug-likeness (QED) is 0.533. The van der Waals surface area contributed by atoms with Crippen molar-refractivity contribution in [3.8, 4) is 0 Å². The van der Waals surface area contributed by atoms with Crippen LogP contribution in [-0.2, 0) is 9.59 Å². The molecular formula is C26H24ClN3O2. The van der Waals surface area contributed by atoms with E-state index in [1.54, 1.807) is 24.3 Å². The van der Waals surface area contributed by atoms with Crippen molar-refractivity contribution in [1.82, 2.24) is 0 Å². The molecule has 1 N–H and O–H groups in total. The summed E-state index contributed by atoms with van der Waals surface area (Å²) in [6, 6.07) is 20.3. The van der Waals surface area contributed by atoms with Crippen LogP contribution >= 0.6 is 11.6 Å². The van der Waals surface area contributed by atoms with E-state index in [4.69, 9.17) is 11.6 Å². The summed E-state index contributed by atoms with van der Waals surface area (Å²) in [4.78, 5) is 30.3. The van der Waals surface area contributed by atoms with Crippen LogP contribution in [0.3, 0.4) is 0 Å². The van der Waals surface area contributed by atoms with Gasteiger partial charge in [-0.05, 0) is 61.4 Å². The number of nitrogens with zero attached hydrogens (tertiary/aromatic N) is 2. The zero-order chi connectivity index (χ0) is 23.0. The highest BCUT2D eigenvalue weighted by molar-refractivity contribution is 6.46. The van der Waals surface area contributed by atoms with E-state index >= 15 is 0 Å². The molecule has 3 aromatic carbocycles. The Hall–Kier alpha value is -3.57. The van der Waals surface area contributed by atoms with Gasteiger partial charge in [-0.1, -0.05) is 47.5 Å². The van der Waals surface area contributed by atoms with Crippen LogP contribution in [0, 0.1) is 13.8 Å². The average Bonchev–Trinajstić information content (AvgIpc) is 3.01. The minimum atomic E-state index is -0.400. The second kappa shape index (κ2) is 8.52. The SMILES string of the molecule is Cc1ccc(C2=C(Nc3cc(Cl)ccc3C)C(=O)N(c3ccc(N(C)C)cc3)C2=O)cc1. The number of carbonyl (C=O) groups excluding carboxylic acids is 2. The van der Waals surface area contributed by atoms with Gasteiger partial charge >= 0.3 is 0 Å². The second-order valence-corrected chi connectivity index (χ2v) is 8.49. The maximum Gasteiger partial charge on any atom is 0.282 e. The maximum atomic E-state index is 13.5. The number of carbonyl (C=O) groups is 2. The van der Waals surface area contributed by atoms with Crippen LogP contribution in [0.5, 0.6) is 0 Å². The van der Waals surface area contributed by atoms with Crippen molar-refractivity contribution >= 4 is 46.1 Å². The fourth-order valence-electron chi connectivity index (χ4n) is 3.63. The van der Waals surface area contributed by atoms with E-state index in [1.807, 2.05) is 75.3 Å². The lowest BCUT2D eigenvalue weighted by atomic mass is 10.0. The Morgan fingerprint density at radius 3 is 2.12 bits per heavy atom. The number of hydrogen-bond donors (Lipinski definition) is 1. The Morgan fingerprint density at radius 1 is 0.844 bits per heavy atom. The summed E-state index contributed by atoms with van der Waals surface area (Å²) in [6.45, 7) is 3.90. The van der Waals surface area contributed by atoms with Gasteiger partial charge in [-0.25, -0.2) is 4.90 Å². The van der Waals surface area contributed by atoms with E-state index < -0.39 is 5.91 Å². The maximum absolute atomic E-state index is 13.5. The smallest absolute Gasteiger partial charge is 0.282 e. The Labute approximate surface area is 192 Å². The van der Waals surface area contributed by atoms with Gasteiger partial charge in [0.15, 0.2) is 0 Å². The molecule has 0 aromatic heterocycles. The third kappa shape index (κ3) is 3.99. The fourth-order valence-corrected chi connectivity index (χ4v) is 3.80. The number of benzene rings is 3. The number of nitrogens with one attached hydrogen (secondary N) is 1. The zero-order valence-corrected chi connectivity index (χ0v) is 19.2. The molecule has 2 amide bonds. The van der Waals surface area contributed by atoms with Crippen molar-refractivity contribution < 1.29 is 9.59 Å². The summed E-state index contributed by atoms with van der Waals surface area (Å²) in [5.74, 6) is -0.763. The molecule has 3 aromatic rings. The Bertz CT molecular complexity index is 1230. The molecule has 0 bridgehead atoms. The minimum absolute atomic E-state index is 0.237. The first-order valence-electron chi connectivity index (χ1n) is 10.3. The number of hydrogen-bond acceptors (Lipinski definition) is 4. The predicted octanol–water partition coefficient (Wildman–Crippen LogP) is 5.42. The van der Waals surface area contributed by atoms with Crippen LogP contribution in [0.25, 0.3) is 5.57 Å². The molecule has 0 unspecified atom stereocenters. The molecule has 6 heteroatoms. The van der Waals surface area contributed by atoms with E-state index in [9.17, 15) is 9.59 Å². The number of halogens is 1.